The fraction of sp³-hybridized carbons (Fsp3) is 0.321. The van der Waals surface area contributed by atoms with Crippen LogP contribution in [-0.2, 0) is 24.0 Å². The van der Waals surface area contributed by atoms with Gasteiger partial charge in [-0.3, -0.25) is 38.7 Å². The topological polar surface area (TPSA) is 254 Å². The molecule has 0 saturated heterocycles. The number of carbonyl (C=O) groups is 7. The Kier molecular flexibility index (Phi) is 14.1. The number of hydrogen-bond acceptors (Lipinski definition) is 10. The molecule has 242 valence electrons. The average Bonchev–Trinajstić information content (AvgIpc) is 2.93. The molecule has 0 aliphatic rings. The molecule has 0 atom stereocenters. The summed E-state index contributed by atoms with van der Waals surface area (Å²) in [7, 11) is 0. The molecule has 2 aromatic rings. The summed E-state index contributed by atoms with van der Waals surface area (Å²) in [6, 6.07) is 10.6. The molecule has 2 amide bonds. The van der Waals surface area contributed by atoms with Gasteiger partial charge in [-0.05, 0) is 48.5 Å². The summed E-state index contributed by atoms with van der Waals surface area (Å²) in [6.07, 6.45) is 0. The number of amides is 2. The van der Waals surface area contributed by atoms with E-state index in [4.69, 9.17) is 10.2 Å². The van der Waals surface area contributed by atoms with E-state index in [9.17, 15) is 48.9 Å². The number of rotatable bonds is 20. The Hall–Kier alpha value is -5.39. The first-order valence-corrected chi connectivity index (χ1v) is 13.3. The molecule has 0 heterocycles. The number of nitrogens with one attached hydrogen (secondary N) is 2. The average molecular weight is 632 g/mol. The van der Waals surface area contributed by atoms with Gasteiger partial charge in [0.1, 0.15) is 0 Å². The van der Waals surface area contributed by atoms with E-state index >= 15 is 0 Å². The predicted octanol–water partition coefficient (Wildman–Crippen LogP) is -0.180. The summed E-state index contributed by atoms with van der Waals surface area (Å²) in [4.78, 5) is 85.3. The van der Waals surface area contributed by atoms with Gasteiger partial charge in [0.2, 0.25) is 11.8 Å². The number of aliphatic carboxylic acids is 3. The third-order valence-electron chi connectivity index (χ3n) is 6.11. The van der Waals surface area contributed by atoms with E-state index < -0.39 is 61.3 Å². The predicted molar refractivity (Wildman–Crippen MR) is 156 cm³/mol. The molecule has 17 nitrogen and oxygen atoms in total. The van der Waals surface area contributed by atoms with Crippen LogP contribution in [0.15, 0.2) is 48.5 Å². The van der Waals surface area contributed by atoms with Gasteiger partial charge < -0.3 is 36.2 Å². The second kappa shape index (κ2) is 17.7. The Morgan fingerprint density at radius 2 is 0.733 bits per heavy atom. The summed E-state index contributed by atoms with van der Waals surface area (Å²) in [6.45, 7) is -2.53. The summed E-state index contributed by atoms with van der Waals surface area (Å²) in [5, 5.41) is 51.0. The number of carboxylic acids is 5. The Labute approximate surface area is 256 Å². The van der Waals surface area contributed by atoms with E-state index in [1.54, 1.807) is 0 Å². The summed E-state index contributed by atoms with van der Waals surface area (Å²) in [5.41, 5.74) is 0.586. The van der Waals surface area contributed by atoms with Gasteiger partial charge in [0.25, 0.3) is 0 Å². The van der Waals surface area contributed by atoms with Crippen molar-refractivity contribution in [3.05, 3.63) is 59.7 Å². The third kappa shape index (κ3) is 14.1. The van der Waals surface area contributed by atoms with Crippen molar-refractivity contribution in [2.45, 2.75) is 0 Å². The molecule has 0 bridgehead atoms. The van der Waals surface area contributed by atoms with Crippen LogP contribution in [0.4, 0.5) is 11.4 Å². The number of hydrogen-bond donors (Lipinski definition) is 7. The lowest BCUT2D eigenvalue weighted by atomic mass is 10.2. The zero-order chi connectivity index (χ0) is 33.5. The molecular weight excluding hydrogens is 598 g/mol. The molecule has 0 radical (unpaired) electrons. The van der Waals surface area contributed by atoms with Gasteiger partial charge in [-0.2, -0.15) is 0 Å². The molecule has 45 heavy (non-hydrogen) atoms. The highest BCUT2D eigenvalue weighted by Gasteiger charge is 2.20. The van der Waals surface area contributed by atoms with Crippen molar-refractivity contribution in [3.8, 4) is 0 Å². The molecular formula is C28H33N5O12. The van der Waals surface area contributed by atoms with Crippen LogP contribution in [0.2, 0.25) is 0 Å². The number of benzene rings is 2. The van der Waals surface area contributed by atoms with E-state index in [2.05, 4.69) is 10.6 Å². The summed E-state index contributed by atoms with van der Waals surface area (Å²) >= 11 is 0. The Bertz CT molecular complexity index is 1280. The zero-order valence-corrected chi connectivity index (χ0v) is 23.9. The minimum atomic E-state index is -1.24. The van der Waals surface area contributed by atoms with Gasteiger partial charge in [0.05, 0.1) is 43.9 Å². The van der Waals surface area contributed by atoms with Crippen LogP contribution in [0, 0.1) is 0 Å². The first-order valence-electron chi connectivity index (χ1n) is 13.3. The van der Waals surface area contributed by atoms with Crippen LogP contribution in [-0.4, -0.2) is 141 Å². The van der Waals surface area contributed by atoms with Crippen LogP contribution in [0.25, 0.3) is 0 Å². The maximum absolute atomic E-state index is 12.5. The molecule has 0 spiro atoms. The van der Waals surface area contributed by atoms with Gasteiger partial charge in [0, 0.05) is 37.6 Å². The number of anilines is 2. The SMILES string of the molecule is O=C(O)CN(CCN(CC(=O)O)CC(=O)Nc1ccc(C(=O)O)cc1)CCN(CC(=O)O)CC(=O)Nc1ccc(C(=O)O)cc1. The van der Waals surface area contributed by atoms with Gasteiger partial charge >= 0.3 is 29.8 Å². The van der Waals surface area contributed by atoms with Crippen molar-refractivity contribution in [1.29, 1.82) is 0 Å². The smallest absolute Gasteiger partial charge is 0.335 e. The van der Waals surface area contributed by atoms with Crippen LogP contribution in [0.1, 0.15) is 20.7 Å². The number of carbonyl (C=O) groups excluding carboxylic acids is 2. The highest BCUT2D eigenvalue weighted by molar-refractivity contribution is 5.94. The highest BCUT2D eigenvalue weighted by atomic mass is 16.4. The normalized spacial score (nSPS) is 10.9. The van der Waals surface area contributed by atoms with Crippen molar-refractivity contribution >= 4 is 53.0 Å². The van der Waals surface area contributed by atoms with Crippen LogP contribution in [0.5, 0.6) is 0 Å². The maximum Gasteiger partial charge on any atom is 0.335 e. The zero-order valence-electron chi connectivity index (χ0n) is 23.9. The number of carboxylic acid groups (broad SMARTS) is 5. The minimum Gasteiger partial charge on any atom is -0.480 e. The first-order chi connectivity index (χ1) is 21.2. The largest absolute Gasteiger partial charge is 0.480 e. The summed E-state index contributed by atoms with van der Waals surface area (Å²) in [5.74, 6) is -7.18. The van der Waals surface area contributed by atoms with Crippen molar-refractivity contribution in [3.63, 3.8) is 0 Å². The molecule has 17 heteroatoms. The minimum absolute atomic E-state index is 0.00819. The van der Waals surface area contributed by atoms with Crippen LogP contribution < -0.4 is 10.6 Å². The number of aromatic carboxylic acids is 2. The maximum atomic E-state index is 12.5. The standard InChI is InChI=1S/C28H33N5O12/c34-22(29-20-5-1-18(2-6-20)27(42)43)13-32(16-25(38)39)11-9-31(15-24(36)37)10-12-33(17-26(40)41)14-23(35)30-21-7-3-19(4-8-21)28(44)45/h1-8H,9-17H2,(H,29,34)(H,30,35)(H,36,37)(H,38,39)(H,40,41)(H,42,43)(H,44,45). The Balaban J connectivity index is 2.00. The van der Waals surface area contributed by atoms with Crippen molar-refractivity contribution < 1.29 is 59.1 Å². The van der Waals surface area contributed by atoms with Gasteiger partial charge in [-0.15, -0.1) is 0 Å². The molecule has 0 saturated carbocycles. The molecule has 2 aromatic carbocycles. The van der Waals surface area contributed by atoms with Crippen molar-refractivity contribution in [1.82, 2.24) is 14.7 Å². The van der Waals surface area contributed by atoms with Crippen LogP contribution in [0.3, 0.4) is 0 Å². The van der Waals surface area contributed by atoms with Crippen molar-refractivity contribution in [2.75, 3.05) is 69.5 Å². The Morgan fingerprint density at radius 3 is 1.02 bits per heavy atom. The summed E-state index contributed by atoms with van der Waals surface area (Å²) < 4.78 is 0. The second-order valence-electron chi connectivity index (χ2n) is 9.74. The van der Waals surface area contributed by atoms with Gasteiger partial charge in [0.15, 0.2) is 0 Å². The van der Waals surface area contributed by atoms with E-state index in [-0.39, 0.29) is 61.8 Å². The van der Waals surface area contributed by atoms with E-state index in [0.29, 0.717) is 0 Å². The molecule has 0 aromatic heterocycles. The monoisotopic (exact) mass is 631 g/mol. The lowest BCUT2D eigenvalue weighted by molar-refractivity contribution is -0.140. The van der Waals surface area contributed by atoms with E-state index in [1.807, 2.05) is 0 Å². The Morgan fingerprint density at radius 1 is 0.444 bits per heavy atom. The van der Waals surface area contributed by atoms with Gasteiger partial charge in [-0.25, -0.2) is 9.59 Å². The molecule has 0 fully saturated rings. The second-order valence-corrected chi connectivity index (χ2v) is 9.74. The van der Waals surface area contributed by atoms with Crippen molar-refractivity contribution in [2.24, 2.45) is 0 Å². The quantitative estimate of drug-likeness (QED) is 0.100. The third-order valence-corrected chi connectivity index (χ3v) is 6.11. The first kappa shape index (κ1) is 35.8. The lowest BCUT2D eigenvalue weighted by Crippen LogP contribution is -2.46. The molecule has 0 aliphatic carbocycles. The van der Waals surface area contributed by atoms with Crippen LogP contribution >= 0.6 is 0 Å². The molecule has 2 rings (SSSR count). The molecule has 0 aliphatic heterocycles. The highest BCUT2D eigenvalue weighted by Crippen LogP contribution is 2.11. The fourth-order valence-corrected chi connectivity index (χ4v) is 4.04. The number of nitrogens with zero attached hydrogens (tertiary/aromatic N) is 3. The molecule has 0 unspecified atom stereocenters. The van der Waals surface area contributed by atoms with E-state index in [1.165, 1.54) is 63.2 Å². The van der Waals surface area contributed by atoms with E-state index in [0.717, 1.165) is 0 Å². The lowest BCUT2D eigenvalue weighted by Gasteiger charge is -2.28. The fourth-order valence-electron chi connectivity index (χ4n) is 4.04. The van der Waals surface area contributed by atoms with Gasteiger partial charge in [-0.1, -0.05) is 0 Å². The molecule has 7 N–H and O–H groups in total.